The third kappa shape index (κ3) is 2.91. The number of anilines is 2. The molecular formula is C14H18N2O4. The molecule has 0 saturated heterocycles. The fraction of sp³-hybridized carbons (Fsp3) is 0.429. The van der Waals surface area contributed by atoms with Gasteiger partial charge in [-0.2, -0.15) is 0 Å². The first-order valence-electron chi connectivity index (χ1n) is 6.44. The number of aromatic carboxylic acids is 1. The lowest BCUT2D eigenvalue weighted by Crippen LogP contribution is -2.42. The lowest BCUT2D eigenvalue weighted by molar-refractivity contribution is -0.129. The fourth-order valence-electron chi connectivity index (χ4n) is 2.36. The molecule has 2 rings (SSSR count). The van der Waals surface area contributed by atoms with Crippen LogP contribution in [0.2, 0.25) is 0 Å². The number of carbonyl (C=O) groups is 2. The minimum Gasteiger partial charge on any atom is -0.478 e. The highest BCUT2D eigenvalue weighted by Gasteiger charge is 2.39. The van der Waals surface area contributed by atoms with E-state index >= 15 is 0 Å². The molecule has 0 unspecified atom stereocenters. The van der Waals surface area contributed by atoms with E-state index in [0.717, 1.165) is 19.3 Å². The fourth-order valence-corrected chi connectivity index (χ4v) is 2.36. The molecule has 6 heteroatoms. The van der Waals surface area contributed by atoms with Crippen LogP contribution < -0.4 is 11.1 Å². The highest BCUT2D eigenvalue weighted by molar-refractivity contribution is 6.01. The molecule has 1 aromatic carbocycles. The molecule has 1 aromatic rings. The molecule has 6 nitrogen and oxygen atoms in total. The van der Waals surface area contributed by atoms with Gasteiger partial charge in [0.15, 0.2) is 0 Å². The molecule has 1 amide bonds. The van der Waals surface area contributed by atoms with Crippen molar-refractivity contribution in [1.29, 1.82) is 0 Å². The quantitative estimate of drug-likeness (QED) is 0.714. The van der Waals surface area contributed by atoms with Crippen LogP contribution in [0.25, 0.3) is 0 Å². The molecule has 0 heterocycles. The summed E-state index contributed by atoms with van der Waals surface area (Å²) in [5.41, 5.74) is 5.87. The predicted octanol–water partition coefficient (Wildman–Crippen LogP) is 1.86. The first-order chi connectivity index (χ1) is 9.46. The summed E-state index contributed by atoms with van der Waals surface area (Å²) < 4.78 is 5.38. The second kappa shape index (κ2) is 5.50. The van der Waals surface area contributed by atoms with Crippen molar-refractivity contribution < 1.29 is 19.4 Å². The van der Waals surface area contributed by atoms with Crippen molar-refractivity contribution in [2.24, 2.45) is 0 Å². The SMILES string of the molecule is COC1(CC(=O)Nc2cc(N)ccc2C(=O)O)CCC1. The maximum absolute atomic E-state index is 12.0. The van der Waals surface area contributed by atoms with Gasteiger partial charge in [0.2, 0.25) is 5.91 Å². The van der Waals surface area contributed by atoms with Crippen molar-refractivity contribution in [1.82, 2.24) is 0 Å². The third-order valence-electron chi connectivity index (χ3n) is 3.73. The average Bonchev–Trinajstić information content (AvgIpc) is 2.33. The number of carbonyl (C=O) groups excluding carboxylic acids is 1. The van der Waals surface area contributed by atoms with Gasteiger partial charge in [0.05, 0.1) is 23.3 Å². The number of hydrogen-bond donors (Lipinski definition) is 3. The van der Waals surface area contributed by atoms with Crippen molar-refractivity contribution >= 4 is 23.3 Å². The molecular weight excluding hydrogens is 260 g/mol. The second-order valence-corrected chi connectivity index (χ2v) is 5.08. The number of methoxy groups -OCH3 is 1. The average molecular weight is 278 g/mol. The van der Waals surface area contributed by atoms with Gasteiger partial charge in [0.1, 0.15) is 0 Å². The van der Waals surface area contributed by atoms with E-state index in [1.807, 2.05) is 0 Å². The number of amides is 1. The smallest absolute Gasteiger partial charge is 0.337 e. The third-order valence-corrected chi connectivity index (χ3v) is 3.73. The maximum atomic E-state index is 12.0. The Kier molecular flexibility index (Phi) is 3.94. The van der Waals surface area contributed by atoms with Crippen LogP contribution in [0.15, 0.2) is 18.2 Å². The first-order valence-corrected chi connectivity index (χ1v) is 6.44. The number of nitrogens with two attached hydrogens (primary N) is 1. The Morgan fingerprint density at radius 3 is 2.65 bits per heavy atom. The van der Waals surface area contributed by atoms with E-state index in [1.54, 1.807) is 7.11 Å². The van der Waals surface area contributed by atoms with Crippen molar-refractivity contribution in [3.8, 4) is 0 Å². The monoisotopic (exact) mass is 278 g/mol. The zero-order valence-electron chi connectivity index (χ0n) is 11.3. The number of hydrogen-bond acceptors (Lipinski definition) is 4. The van der Waals surface area contributed by atoms with Gasteiger partial charge in [0, 0.05) is 12.8 Å². The van der Waals surface area contributed by atoms with Crippen LogP contribution in [0, 0.1) is 0 Å². The second-order valence-electron chi connectivity index (χ2n) is 5.08. The molecule has 0 spiro atoms. The predicted molar refractivity (Wildman–Crippen MR) is 74.7 cm³/mol. The van der Waals surface area contributed by atoms with E-state index in [2.05, 4.69) is 5.32 Å². The molecule has 1 aliphatic carbocycles. The molecule has 20 heavy (non-hydrogen) atoms. The molecule has 0 aliphatic heterocycles. The topological polar surface area (TPSA) is 102 Å². The van der Waals surface area contributed by atoms with E-state index in [4.69, 9.17) is 15.6 Å². The molecule has 1 fully saturated rings. The van der Waals surface area contributed by atoms with Gasteiger partial charge in [-0.25, -0.2) is 4.79 Å². The van der Waals surface area contributed by atoms with Crippen molar-refractivity contribution in [2.75, 3.05) is 18.2 Å². The molecule has 1 saturated carbocycles. The summed E-state index contributed by atoms with van der Waals surface area (Å²) in [4.78, 5) is 23.1. The highest BCUT2D eigenvalue weighted by atomic mass is 16.5. The van der Waals surface area contributed by atoms with Gasteiger partial charge in [-0.15, -0.1) is 0 Å². The van der Waals surface area contributed by atoms with Crippen LogP contribution in [0.3, 0.4) is 0 Å². The normalized spacial score (nSPS) is 16.2. The molecule has 0 bridgehead atoms. The Balaban J connectivity index is 2.11. The molecule has 1 aliphatic rings. The van der Waals surface area contributed by atoms with Gasteiger partial charge in [-0.1, -0.05) is 0 Å². The Morgan fingerprint density at radius 2 is 2.15 bits per heavy atom. The number of carboxylic acids is 1. The van der Waals surface area contributed by atoms with E-state index in [0.29, 0.717) is 5.69 Å². The summed E-state index contributed by atoms with van der Waals surface area (Å²) in [5, 5.41) is 11.7. The van der Waals surface area contributed by atoms with Crippen LogP contribution >= 0.6 is 0 Å². The van der Waals surface area contributed by atoms with E-state index in [-0.39, 0.29) is 23.6 Å². The summed E-state index contributed by atoms with van der Waals surface area (Å²) >= 11 is 0. The number of benzene rings is 1. The van der Waals surface area contributed by atoms with E-state index < -0.39 is 11.6 Å². The zero-order chi connectivity index (χ0) is 14.8. The lowest BCUT2D eigenvalue weighted by Gasteiger charge is -2.39. The van der Waals surface area contributed by atoms with Gasteiger partial charge < -0.3 is 20.9 Å². The Bertz CT molecular complexity index is 532. The Hall–Kier alpha value is -2.08. The van der Waals surface area contributed by atoms with Crippen LogP contribution in [-0.4, -0.2) is 29.7 Å². The Labute approximate surface area is 116 Å². The standard InChI is InChI=1S/C14H18N2O4/c1-20-14(5-2-6-14)8-12(17)16-11-7-9(15)3-4-10(11)13(18)19/h3-4,7H,2,5-6,8,15H2,1H3,(H,16,17)(H,18,19). The minimum absolute atomic E-state index is 0.0210. The van der Waals surface area contributed by atoms with E-state index in [1.165, 1.54) is 18.2 Å². The van der Waals surface area contributed by atoms with Gasteiger partial charge >= 0.3 is 5.97 Å². The number of nitrogen functional groups attached to an aromatic ring is 1. The number of rotatable bonds is 5. The summed E-state index contributed by atoms with van der Waals surface area (Å²) in [7, 11) is 1.59. The largest absolute Gasteiger partial charge is 0.478 e. The zero-order valence-corrected chi connectivity index (χ0v) is 11.3. The molecule has 108 valence electrons. The van der Waals surface area contributed by atoms with Gasteiger partial charge in [-0.05, 0) is 37.5 Å². The number of nitrogens with one attached hydrogen (secondary N) is 1. The number of carboxylic acid groups (broad SMARTS) is 1. The van der Waals surface area contributed by atoms with Crippen molar-refractivity contribution in [3.05, 3.63) is 23.8 Å². The molecule has 4 N–H and O–H groups in total. The molecule has 0 radical (unpaired) electrons. The Morgan fingerprint density at radius 1 is 1.45 bits per heavy atom. The van der Waals surface area contributed by atoms with Crippen LogP contribution in [0.1, 0.15) is 36.0 Å². The molecule has 0 atom stereocenters. The summed E-state index contributed by atoms with van der Waals surface area (Å²) in [6, 6.07) is 4.31. The highest BCUT2D eigenvalue weighted by Crippen LogP contribution is 2.38. The van der Waals surface area contributed by atoms with Crippen molar-refractivity contribution in [3.63, 3.8) is 0 Å². The van der Waals surface area contributed by atoms with Crippen LogP contribution in [0.4, 0.5) is 11.4 Å². The summed E-state index contributed by atoms with van der Waals surface area (Å²) in [5.74, 6) is -1.37. The van der Waals surface area contributed by atoms with Crippen molar-refractivity contribution in [2.45, 2.75) is 31.3 Å². The first kappa shape index (κ1) is 14.3. The van der Waals surface area contributed by atoms with Crippen LogP contribution in [-0.2, 0) is 9.53 Å². The van der Waals surface area contributed by atoms with Gasteiger partial charge in [0.25, 0.3) is 0 Å². The summed E-state index contributed by atoms with van der Waals surface area (Å²) in [6.45, 7) is 0. The number of ether oxygens (including phenoxy) is 1. The lowest BCUT2D eigenvalue weighted by atomic mass is 9.77. The minimum atomic E-state index is -1.11. The van der Waals surface area contributed by atoms with Gasteiger partial charge in [-0.3, -0.25) is 4.79 Å². The summed E-state index contributed by atoms with van der Waals surface area (Å²) in [6.07, 6.45) is 2.95. The van der Waals surface area contributed by atoms with E-state index in [9.17, 15) is 9.59 Å². The van der Waals surface area contributed by atoms with Crippen LogP contribution in [0.5, 0.6) is 0 Å². The maximum Gasteiger partial charge on any atom is 0.337 e. The molecule has 0 aromatic heterocycles.